The van der Waals surface area contributed by atoms with E-state index in [0.29, 0.717) is 22.9 Å². The Morgan fingerprint density at radius 3 is 2.88 bits per heavy atom. The Balaban J connectivity index is 1.59. The summed E-state index contributed by atoms with van der Waals surface area (Å²) in [5.41, 5.74) is 2.28. The molecule has 0 fully saturated rings. The average molecular weight is 372 g/mol. The van der Waals surface area contributed by atoms with E-state index in [-0.39, 0.29) is 17.6 Å². The van der Waals surface area contributed by atoms with Crippen LogP contribution in [0.3, 0.4) is 0 Å². The van der Waals surface area contributed by atoms with E-state index in [1.165, 1.54) is 11.8 Å². The van der Waals surface area contributed by atoms with E-state index in [2.05, 4.69) is 30.8 Å². The van der Waals surface area contributed by atoms with E-state index in [4.69, 9.17) is 0 Å². The zero-order valence-electron chi connectivity index (χ0n) is 14.6. The number of hydrogen-bond donors (Lipinski definition) is 3. The maximum Gasteiger partial charge on any atom is 0.242 e. The SMILES string of the molecule is CCCNC(=O)[C@@H](C)NC(=O)CSc1nnc2c(n1)[nH]c1ccccc12. The number of aromatic nitrogens is 4. The third kappa shape index (κ3) is 4.10. The van der Waals surface area contributed by atoms with Crippen LogP contribution in [0.5, 0.6) is 0 Å². The van der Waals surface area contributed by atoms with Gasteiger partial charge in [0.05, 0.1) is 5.75 Å². The summed E-state index contributed by atoms with van der Waals surface area (Å²) >= 11 is 1.18. The van der Waals surface area contributed by atoms with Crippen molar-refractivity contribution in [2.45, 2.75) is 31.5 Å². The first-order chi connectivity index (χ1) is 12.6. The number of rotatable bonds is 7. The molecule has 26 heavy (non-hydrogen) atoms. The van der Waals surface area contributed by atoms with Crippen LogP contribution in [-0.2, 0) is 9.59 Å². The summed E-state index contributed by atoms with van der Waals surface area (Å²) in [5.74, 6) is -0.337. The first-order valence-corrected chi connectivity index (χ1v) is 9.38. The Labute approximate surface area is 154 Å². The van der Waals surface area contributed by atoms with Gasteiger partial charge in [0.15, 0.2) is 5.65 Å². The Kier molecular flexibility index (Phi) is 5.67. The standard InChI is InChI=1S/C17H20N6O2S/c1-3-8-18-16(25)10(2)19-13(24)9-26-17-21-15-14(22-23-17)11-6-4-5-7-12(11)20-15/h4-7,10H,3,8-9H2,1-2H3,(H,18,25)(H,19,24)(H,20,21,23)/t10-/m1/s1. The van der Waals surface area contributed by atoms with Crippen LogP contribution in [0, 0.1) is 0 Å². The molecule has 0 aliphatic heterocycles. The number of thioether (sulfide) groups is 1. The lowest BCUT2D eigenvalue weighted by Crippen LogP contribution is -2.45. The molecule has 0 aliphatic carbocycles. The van der Waals surface area contributed by atoms with Crippen molar-refractivity contribution in [1.82, 2.24) is 30.8 Å². The summed E-state index contributed by atoms with van der Waals surface area (Å²) in [6.07, 6.45) is 0.850. The Hall–Kier alpha value is -2.68. The van der Waals surface area contributed by atoms with Gasteiger partial charge < -0.3 is 15.6 Å². The first kappa shape index (κ1) is 18.1. The molecule has 3 rings (SSSR count). The van der Waals surface area contributed by atoms with E-state index in [9.17, 15) is 9.59 Å². The summed E-state index contributed by atoms with van der Waals surface area (Å²) in [5, 5.41) is 15.1. The van der Waals surface area contributed by atoms with Crippen LogP contribution < -0.4 is 10.6 Å². The van der Waals surface area contributed by atoms with Crippen molar-refractivity contribution in [1.29, 1.82) is 0 Å². The molecule has 9 heteroatoms. The number of fused-ring (bicyclic) bond motifs is 3. The van der Waals surface area contributed by atoms with Gasteiger partial charge in [-0.2, -0.15) is 0 Å². The Bertz CT molecular complexity index is 941. The molecule has 1 aromatic carbocycles. The quantitative estimate of drug-likeness (QED) is 0.543. The lowest BCUT2D eigenvalue weighted by molar-refractivity contribution is -0.127. The van der Waals surface area contributed by atoms with Gasteiger partial charge in [-0.1, -0.05) is 36.9 Å². The van der Waals surface area contributed by atoms with Crippen LogP contribution in [0.15, 0.2) is 29.4 Å². The Morgan fingerprint density at radius 1 is 1.27 bits per heavy atom. The molecule has 0 aliphatic rings. The molecule has 0 radical (unpaired) electrons. The summed E-state index contributed by atoms with van der Waals surface area (Å²) in [6.45, 7) is 4.22. The zero-order chi connectivity index (χ0) is 18.5. The fourth-order valence-electron chi connectivity index (χ4n) is 2.45. The van der Waals surface area contributed by atoms with Crippen molar-refractivity contribution < 1.29 is 9.59 Å². The predicted octanol–water partition coefficient (Wildman–Crippen LogP) is 1.63. The minimum atomic E-state index is -0.579. The van der Waals surface area contributed by atoms with E-state index in [0.717, 1.165) is 17.3 Å². The fraction of sp³-hybridized carbons (Fsp3) is 0.353. The number of amides is 2. The van der Waals surface area contributed by atoms with Crippen LogP contribution in [-0.4, -0.2) is 50.3 Å². The topological polar surface area (TPSA) is 113 Å². The molecule has 8 nitrogen and oxygen atoms in total. The smallest absolute Gasteiger partial charge is 0.242 e. The minimum Gasteiger partial charge on any atom is -0.354 e. The van der Waals surface area contributed by atoms with Crippen molar-refractivity contribution in [3.05, 3.63) is 24.3 Å². The van der Waals surface area contributed by atoms with Gasteiger partial charge in [-0.25, -0.2) is 4.98 Å². The van der Waals surface area contributed by atoms with Gasteiger partial charge in [-0.05, 0) is 19.4 Å². The monoisotopic (exact) mass is 372 g/mol. The highest BCUT2D eigenvalue weighted by Gasteiger charge is 2.16. The van der Waals surface area contributed by atoms with Gasteiger partial charge in [-0.3, -0.25) is 9.59 Å². The van der Waals surface area contributed by atoms with Gasteiger partial charge >= 0.3 is 0 Å². The maximum atomic E-state index is 12.0. The van der Waals surface area contributed by atoms with Crippen LogP contribution in [0.4, 0.5) is 0 Å². The molecule has 3 N–H and O–H groups in total. The number of hydrogen-bond acceptors (Lipinski definition) is 6. The predicted molar refractivity (Wildman–Crippen MR) is 101 cm³/mol. The number of carbonyl (C=O) groups excluding carboxylic acids is 2. The van der Waals surface area contributed by atoms with Gasteiger partial charge in [-0.15, -0.1) is 10.2 Å². The van der Waals surface area contributed by atoms with Gasteiger partial charge in [0, 0.05) is 17.4 Å². The van der Waals surface area contributed by atoms with Crippen molar-refractivity contribution in [3.8, 4) is 0 Å². The number of nitrogens with zero attached hydrogens (tertiary/aromatic N) is 3. The second-order valence-electron chi connectivity index (χ2n) is 5.83. The summed E-state index contributed by atoms with van der Waals surface area (Å²) in [7, 11) is 0. The van der Waals surface area contributed by atoms with Crippen LogP contribution in [0.1, 0.15) is 20.3 Å². The molecule has 3 aromatic rings. The molecule has 0 bridgehead atoms. The molecule has 136 valence electrons. The molecule has 0 saturated carbocycles. The molecule has 1 atom stereocenters. The number of para-hydroxylation sites is 1. The largest absolute Gasteiger partial charge is 0.354 e. The highest BCUT2D eigenvalue weighted by Crippen LogP contribution is 2.23. The highest BCUT2D eigenvalue weighted by molar-refractivity contribution is 7.99. The van der Waals surface area contributed by atoms with Gasteiger partial charge in [0.1, 0.15) is 11.6 Å². The third-order valence-electron chi connectivity index (χ3n) is 3.75. The van der Waals surface area contributed by atoms with E-state index < -0.39 is 6.04 Å². The van der Waals surface area contributed by atoms with Gasteiger partial charge in [0.25, 0.3) is 0 Å². The number of H-pyrrole nitrogens is 1. The maximum absolute atomic E-state index is 12.0. The lowest BCUT2D eigenvalue weighted by Gasteiger charge is -2.13. The summed E-state index contributed by atoms with van der Waals surface area (Å²) in [6, 6.07) is 7.19. The molecule has 0 saturated heterocycles. The Morgan fingerprint density at radius 2 is 2.08 bits per heavy atom. The van der Waals surface area contributed by atoms with Crippen molar-refractivity contribution in [2.24, 2.45) is 0 Å². The number of carbonyl (C=O) groups is 2. The van der Waals surface area contributed by atoms with Crippen molar-refractivity contribution in [2.75, 3.05) is 12.3 Å². The molecule has 2 aromatic heterocycles. The fourth-order valence-corrected chi connectivity index (χ4v) is 3.04. The minimum absolute atomic E-state index is 0.110. The molecular weight excluding hydrogens is 352 g/mol. The van der Waals surface area contributed by atoms with Crippen LogP contribution in [0.2, 0.25) is 0 Å². The first-order valence-electron chi connectivity index (χ1n) is 8.39. The highest BCUT2D eigenvalue weighted by atomic mass is 32.2. The average Bonchev–Trinajstić information content (AvgIpc) is 3.02. The van der Waals surface area contributed by atoms with Crippen molar-refractivity contribution >= 4 is 45.6 Å². The molecule has 0 unspecified atom stereocenters. The van der Waals surface area contributed by atoms with Crippen molar-refractivity contribution in [3.63, 3.8) is 0 Å². The molecule has 2 amide bonds. The second kappa shape index (κ2) is 8.13. The summed E-state index contributed by atoms with van der Waals surface area (Å²) in [4.78, 5) is 31.4. The molecule has 0 spiro atoms. The molecule has 2 heterocycles. The number of aromatic amines is 1. The second-order valence-corrected chi connectivity index (χ2v) is 6.77. The zero-order valence-corrected chi connectivity index (χ0v) is 15.4. The molecular formula is C17H20N6O2S. The normalized spacial score (nSPS) is 12.2. The van der Waals surface area contributed by atoms with Crippen LogP contribution >= 0.6 is 11.8 Å². The van der Waals surface area contributed by atoms with E-state index in [1.54, 1.807) is 6.92 Å². The summed E-state index contributed by atoms with van der Waals surface area (Å²) < 4.78 is 0. The van der Waals surface area contributed by atoms with Crippen LogP contribution in [0.25, 0.3) is 22.1 Å². The number of nitrogens with one attached hydrogen (secondary N) is 3. The lowest BCUT2D eigenvalue weighted by atomic mass is 10.2. The van der Waals surface area contributed by atoms with E-state index >= 15 is 0 Å². The van der Waals surface area contributed by atoms with Gasteiger partial charge in [0.2, 0.25) is 17.0 Å². The third-order valence-corrected chi connectivity index (χ3v) is 4.59. The number of benzene rings is 1. The van der Waals surface area contributed by atoms with E-state index in [1.807, 2.05) is 31.2 Å².